The molecule has 0 bridgehead atoms. The van der Waals surface area contributed by atoms with Crippen LogP contribution >= 0.6 is 0 Å². The fourth-order valence-electron chi connectivity index (χ4n) is 3.81. The molecule has 0 saturated carbocycles. The summed E-state index contributed by atoms with van der Waals surface area (Å²) in [6, 6.07) is 17.1. The van der Waals surface area contributed by atoms with Crippen molar-refractivity contribution in [1.29, 1.82) is 0 Å². The van der Waals surface area contributed by atoms with Gasteiger partial charge in [-0.05, 0) is 53.5 Å². The van der Waals surface area contributed by atoms with E-state index in [1.54, 1.807) is 0 Å². The number of rotatable bonds is 6. The highest BCUT2D eigenvalue weighted by molar-refractivity contribution is 5.56. The molecule has 0 radical (unpaired) electrons. The Bertz CT molecular complexity index is 896. The maximum atomic E-state index is 4.27. The minimum Gasteiger partial charge on any atom is -0.369 e. The van der Waals surface area contributed by atoms with Crippen LogP contribution in [-0.2, 0) is 19.5 Å². The van der Waals surface area contributed by atoms with Crippen molar-refractivity contribution >= 4 is 5.69 Å². The Morgan fingerprint density at radius 3 is 2.46 bits per heavy atom. The fraction of sp³-hybridized carbons (Fsp3) is 0.409. The summed E-state index contributed by atoms with van der Waals surface area (Å²) in [5.74, 6) is 0.955. The molecule has 0 spiro atoms. The highest BCUT2D eigenvalue weighted by Gasteiger charge is 2.20. The number of hydrogen-bond donors (Lipinski definition) is 0. The second-order valence-electron chi connectivity index (χ2n) is 7.54. The molecule has 6 nitrogen and oxygen atoms in total. The number of piperazine rings is 1. The van der Waals surface area contributed by atoms with Crippen molar-refractivity contribution in [1.82, 2.24) is 25.1 Å². The van der Waals surface area contributed by atoms with Gasteiger partial charge in [0.15, 0.2) is 5.82 Å². The quantitative estimate of drug-likeness (QED) is 0.662. The number of nitrogens with zero attached hydrogens (tertiary/aromatic N) is 6. The maximum absolute atomic E-state index is 4.27. The summed E-state index contributed by atoms with van der Waals surface area (Å²) < 4.78 is 1.95. The molecule has 3 aromatic rings. The molecule has 0 atom stereocenters. The van der Waals surface area contributed by atoms with Crippen molar-refractivity contribution in [3.8, 4) is 0 Å². The molecule has 28 heavy (non-hydrogen) atoms. The number of benzene rings is 2. The minimum atomic E-state index is 0.808. The first kappa shape index (κ1) is 18.6. The van der Waals surface area contributed by atoms with Crippen LogP contribution in [0.4, 0.5) is 5.69 Å². The minimum absolute atomic E-state index is 0.808. The molecule has 0 amide bonds. The Balaban J connectivity index is 1.33. The Labute approximate surface area is 166 Å². The van der Waals surface area contributed by atoms with E-state index in [0.29, 0.717) is 0 Å². The zero-order chi connectivity index (χ0) is 19.3. The number of hydrogen-bond acceptors (Lipinski definition) is 5. The lowest BCUT2D eigenvalue weighted by molar-refractivity contribution is 0.239. The molecular weight excluding hydrogens is 348 g/mol. The lowest BCUT2D eigenvalue weighted by Gasteiger charge is -2.36. The number of anilines is 1. The van der Waals surface area contributed by atoms with Gasteiger partial charge < -0.3 is 4.90 Å². The first-order valence-electron chi connectivity index (χ1n) is 10.0. The van der Waals surface area contributed by atoms with Crippen LogP contribution in [0.15, 0.2) is 48.5 Å². The molecule has 0 unspecified atom stereocenters. The molecule has 6 heteroatoms. The largest absolute Gasteiger partial charge is 0.369 e. The predicted molar refractivity (Wildman–Crippen MR) is 111 cm³/mol. The van der Waals surface area contributed by atoms with Crippen LogP contribution in [0.3, 0.4) is 0 Å². The summed E-state index contributed by atoms with van der Waals surface area (Å²) in [6.45, 7) is 10.2. The molecule has 1 aromatic heterocycles. The number of aromatic nitrogens is 4. The van der Waals surface area contributed by atoms with Crippen LogP contribution in [-0.4, -0.2) is 51.3 Å². The van der Waals surface area contributed by atoms with E-state index in [1.165, 1.54) is 22.4 Å². The second kappa shape index (κ2) is 8.52. The second-order valence-corrected chi connectivity index (χ2v) is 7.54. The maximum Gasteiger partial charge on any atom is 0.165 e. The highest BCUT2D eigenvalue weighted by Crippen LogP contribution is 2.24. The van der Waals surface area contributed by atoms with Crippen LogP contribution < -0.4 is 4.90 Å². The molecule has 0 aliphatic carbocycles. The van der Waals surface area contributed by atoms with Gasteiger partial charge in [0.25, 0.3) is 0 Å². The van der Waals surface area contributed by atoms with Crippen molar-refractivity contribution in [2.75, 3.05) is 31.1 Å². The Morgan fingerprint density at radius 2 is 1.68 bits per heavy atom. The number of tetrazole rings is 1. The summed E-state index contributed by atoms with van der Waals surface area (Å²) in [7, 11) is 0. The average molecular weight is 377 g/mol. The monoisotopic (exact) mass is 376 g/mol. The predicted octanol–water partition coefficient (Wildman–Crippen LogP) is 2.85. The Kier molecular flexibility index (Phi) is 5.67. The zero-order valence-corrected chi connectivity index (χ0v) is 16.8. The zero-order valence-electron chi connectivity index (χ0n) is 16.8. The van der Waals surface area contributed by atoms with Gasteiger partial charge >= 0.3 is 0 Å². The van der Waals surface area contributed by atoms with Gasteiger partial charge in [-0.25, -0.2) is 4.68 Å². The molecule has 146 valence electrons. The fourth-order valence-corrected chi connectivity index (χ4v) is 3.81. The van der Waals surface area contributed by atoms with Crippen molar-refractivity contribution in [2.24, 2.45) is 0 Å². The standard InChI is InChI=1S/C22H28N6/c1-18-7-6-10-21(19(18)2)27-15-13-26(14-16-27)17-22-23-24-25-28(22)12-11-20-8-4-3-5-9-20/h3-10H,11-17H2,1-2H3. The van der Waals surface area contributed by atoms with Gasteiger partial charge in [0.1, 0.15) is 0 Å². The third kappa shape index (κ3) is 4.22. The molecule has 4 rings (SSSR count). The summed E-state index contributed by atoms with van der Waals surface area (Å²) in [5, 5.41) is 12.4. The van der Waals surface area contributed by atoms with E-state index in [-0.39, 0.29) is 0 Å². The lowest BCUT2D eigenvalue weighted by Crippen LogP contribution is -2.46. The van der Waals surface area contributed by atoms with E-state index in [2.05, 4.69) is 81.6 Å². The molecule has 1 fully saturated rings. The molecule has 1 aliphatic rings. The summed E-state index contributed by atoms with van der Waals surface area (Å²) in [5.41, 5.74) is 5.43. The smallest absolute Gasteiger partial charge is 0.165 e. The van der Waals surface area contributed by atoms with Crippen LogP contribution in [0, 0.1) is 13.8 Å². The van der Waals surface area contributed by atoms with E-state index in [0.717, 1.165) is 51.5 Å². The van der Waals surface area contributed by atoms with Gasteiger partial charge in [-0.1, -0.05) is 42.5 Å². The van der Waals surface area contributed by atoms with E-state index < -0.39 is 0 Å². The van der Waals surface area contributed by atoms with E-state index >= 15 is 0 Å². The van der Waals surface area contributed by atoms with Crippen LogP contribution in [0.2, 0.25) is 0 Å². The van der Waals surface area contributed by atoms with E-state index in [4.69, 9.17) is 0 Å². The molecule has 2 aromatic carbocycles. The number of aryl methyl sites for hydroxylation is 3. The van der Waals surface area contributed by atoms with Crippen molar-refractivity contribution in [3.63, 3.8) is 0 Å². The molecule has 0 N–H and O–H groups in total. The third-order valence-electron chi connectivity index (χ3n) is 5.72. The Hall–Kier alpha value is -2.73. The normalized spacial score (nSPS) is 15.1. The van der Waals surface area contributed by atoms with Gasteiger partial charge in [0, 0.05) is 38.4 Å². The molecular formula is C22H28N6. The summed E-state index contributed by atoms with van der Waals surface area (Å²) in [4.78, 5) is 4.95. The van der Waals surface area contributed by atoms with Crippen LogP contribution in [0.25, 0.3) is 0 Å². The van der Waals surface area contributed by atoms with Gasteiger partial charge in [0.2, 0.25) is 0 Å². The highest BCUT2D eigenvalue weighted by atomic mass is 15.5. The van der Waals surface area contributed by atoms with Crippen LogP contribution in [0.5, 0.6) is 0 Å². The van der Waals surface area contributed by atoms with Crippen molar-refractivity contribution in [3.05, 3.63) is 71.0 Å². The third-order valence-corrected chi connectivity index (χ3v) is 5.72. The van der Waals surface area contributed by atoms with Gasteiger partial charge in [-0.15, -0.1) is 5.10 Å². The SMILES string of the molecule is Cc1cccc(N2CCN(Cc3nnnn3CCc3ccccc3)CC2)c1C. The van der Waals surface area contributed by atoms with E-state index in [1.807, 2.05) is 10.7 Å². The van der Waals surface area contributed by atoms with Gasteiger partial charge in [-0.2, -0.15) is 0 Å². The molecule has 1 saturated heterocycles. The first-order valence-corrected chi connectivity index (χ1v) is 10.0. The van der Waals surface area contributed by atoms with Crippen molar-refractivity contribution < 1.29 is 0 Å². The Morgan fingerprint density at radius 1 is 0.893 bits per heavy atom. The van der Waals surface area contributed by atoms with Gasteiger partial charge in [-0.3, -0.25) is 4.90 Å². The first-order chi connectivity index (χ1) is 13.7. The average Bonchev–Trinajstić information content (AvgIpc) is 3.17. The topological polar surface area (TPSA) is 50.1 Å². The van der Waals surface area contributed by atoms with Crippen molar-refractivity contribution in [2.45, 2.75) is 33.4 Å². The summed E-state index contributed by atoms with van der Waals surface area (Å²) in [6.07, 6.45) is 0.944. The molecule has 1 aliphatic heterocycles. The molecule has 2 heterocycles. The summed E-state index contributed by atoms with van der Waals surface area (Å²) >= 11 is 0. The van der Waals surface area contributed by atoms with E-state index in [9.17, 15) is 0 Å². The van der Waals surface area contributed by atoms with Gasteiger partial charge in [0.05, 0.1) is 6.54 Å². The van der Waals surface area contributed by atoms with Crippen LogP contribution in [0.1, 0.15) is 22.5 Å². The lowest BCUT2D eigenvalue weighted by atomic mass is 10.1.